The summed E-state index contributed by atoms with van der Waals surface area (Å²) in [4.78, 5) is 12.4. The fraction of sp³-hybridized carbons (Fsp3) is 0.250. The lowest BCUT2D eigenvalue weighted by molar-refractivity contribution is 0.102. The molecule has 0 aliphatic heterocycles. The molecular weight excluding hydrogens is 330 g/mol. The molecular formula is C20H21N3O3. The van der Waals surface area contributed by atoms with Gasteiger partial charge in [0, 0.05) is 11.1 Å². The van der Waals surface area contributed by atoms with E-state index in [1.54, 1.807) is 6.07 Å². The summed E-state index contributed by atoms with van der Waals surface area (Å²) >= 11 is 0. The van der Waals surface area contributed by atoms with Gasteiger partial charge in [0.2, 0.25) is 5.82 Å². The average Bonchev–Trinajstić information content (AvgIpc) is 3.10. The van der Waals surface area contributed by atoms with Crippen LogP contribution >= 0.6 is 0 Å². The predicted octanol–water partition coefficient (Wildman–Crippen LogP) is 4.48. The van der Waals surface area contributed by atoms with Gasteiger partial charge >= 0.3 is 0 Å². The molecule has 0 aliphatic rings. The Hall–Kier alpha value is -3.15. The highest BCUT2D eigenvalue weighted by Gasteiger charge is 2.16. The molecule has 2 aromatic carbocycles. The predicted molar refractivity (Wildman–Crippen MR) is 99.3 cm³/mol. The van der Waals surface area contributed by atoms with Crippen LogP contribution in [0.25, 0.3) is 11.3 Å². The summed E-state index contributed by atoms with van der Waals surface area (Å²) in [5.41, 5.74) is 2.83. The summed E-state index contributed by atoms with van der Waals surface area (Å²) in [6.07, 6.45) is 2.11. The van der Waals surface area contributed by atoms with Crippen molar-refractivity contribution in [3.05, 3.63) is 59.7 Å². The van der Waals surface area contributed by atoms with Crippen molar-refractivity contribution in [3.63, 3.8) is 0 Å². The molecule has 0 fully saturated rings. The number of amides is 1. The first-order valence-electron chi connectivity index (χ1n) is 8.61. The van der Waals surface area contributed by atoms with E-state index in [4.69, 9.17) is 9.37 Å². The van der Waals surface area contributed by atoms with Gasteiger partial charge in [0.1, 0.15) is 5.75 Å². The molecule has 0 bridgehead atoms. The summed E-state index contributed by atoms with van der Waals surface area (Å²) in [6.45, 7) is 4.75. The second-order valence-electron chi connectivity index (χ2n) is 6.01. The van der Waals surface area contributed by atoms with Crippen molar-refractivity contribution in [1.82, 2.24) is 10.3 Å². The van der Waals surface area contributed by atoms with Crippen LogP contribution in [-0.4, -0.2) is 22.8 Å². The van der Waals surface area contributed by atoms with Gasteiger partial charge in [0.25, 0.3) is 5.91 Å². The van der Waals surface area contributed by atoms with Crippen LogP contribution < -0.4 is 10.1 Å². The summed E-state index contributed by atoms with van der Waals surface area (Å²) in [5.74, 6) is 0.824. The molecule has 6 heteroatoms. The third-order valence-corrected chi connectivity index (χ3v) is 3.90. The molecule has 0 saturated carbocycles. The molecule has 1 amide bonds. The van der Waals surface area contributed by atoms with Crippen LogP contribution in [-0.2, 0) is 0 Å². The lowest BCUT2D eigenvalue weighted by atomic mass is 10.1. The number of aryl methyl sites for hydroxylation is 1. The molecule has 0 aliphatic carbocycles. The maximum absolute atomic E-state index is 12.4. The summed E-state index contributed by atoms with van der Waals surface area (Å²) in [7, 11) is 0. The van der Waals surface area contributed by atoms with Crippen LogP contribution in [0.1, 0.15) is 35.7 Å². The van der Waals surface area contributed by atoms with Gasteiger partial charge < -0.3 is 10.1 Å². The van der Waals surface area contributed by atoms with E-state index in [1.165, 1.54) is 0 Å². The highest BCUT2D eigenvalue weighted by molar-refractivity contribution is 6.05. The standard InChI is InChI=1S/C20H21N3O3/c1-3-4-12-25-17-10-8-15(9-11-17)18-19(23-26-22-18)21-20(24)16-7-5-6-14(2)13-16/h5-11,13H,3-4,12H2,1-2H3,(H,21,23,24). The van der Waals surface area contributed by atoms with E-state index in [1.807, 2.05) is 49.4 Å². The van der Waals surface area contributed by atoms with Crippen molar-refractivity contribution < 1.29 is 14.2 Å². The van der Waals surface area contributed by atoms with Gasteiger partial charge in [-0.1, -0.05) is 31.0 Å². The van der Waals surface area contributed by atoms with Crippen molar-refractivity contribution in [3.8, 4) is 17.0 Å². The van der Waals surface area contributed by atoms with E-state index in [0.29, 0.717) is 17.9 Å². The molecule has 6 nitrogen and oxygen atoms in total. The van der Waals surface area contributed by atoms with Gasteiger partial charge in [0.15, 0.2) is 5.69 Å². The molecule has 1 heterocycles. The molecule has 0 radical (unpaired) electrons. The smallest absolute Gasteiger partial charge is 0.256 e. The Labute approximate surface area is 152 Å². The van der Waals surface area contributed by atoms with E-state index >= 15 is 0 Å². The Kier molecular flexibility index (Phi) is 5.63. The van der Waals surface area contributed by atoms with Crippen molar-refractivity contribution in [2.75, 3.05) is 11.9 Å². The Morgan fingerprint density at radius 2 is 1.96 bits per heavy atom. The van der Waals surface area contributed by atoms with Crippen molar-refractivity contribution in [2.45, 2.75) is 26.7 Å². The summed E-state index contributed by atoms with van der Waals surface area (Å²) in [5, 5.41) is 10.5. The minimum Gasteiger partial charge on any atom is -0.494 e. The minimum atomic E-state index is -0.259. The van der Waals surface area contributed by atoms with E-state index in [2.05, 4.69) is 22.6 Å². The number of benzene rings is 2. The molecule has 134 valence electrons. The SMILES string of the molecule is CCCCOc1ccc(-c2nonc2NC(=O)c2cccc(C)c2)cc1. The van der Waals surface area contributed by atoms with Crippen LogP contribution in [0.5, 0.6) is 5.75 Å². The van der Waals surface area contributed by atoms with Gasteiger partial charge in [0.05, 0.1) is 6.61 Å². The molecule has 0 saturated heterocycles. The van der Waals surface area contributed by atoms with E-state index < -0.39 is 0 Å². The molecule has 3 aromatic rings. The Bertz CT molecular complexity index is 872. The monoisotopic (exact) mass is 351 g/mol. The minimum absolute atomic E-state index is 0.259. The molecule has 3 rings (SSSR count). The van der Waals surface area contributed by atoms with Crippen LogP contribution in [0.3, 0.4) is 0 Å². The molecule has 1 aromatic heterocycles. The number of nitrogens with one attached hydrogen (secondary N) is 1. The lowest BCUT2D eigenvalue weighted by Crippen LogP contribution is -2.12. The largest absolute Gasteiger partial charge is 0.494 e. The van der Waals surface area contributed by atoms with Gasteiger partial charge in [-0.05, 0) is 60.1 Å². The number of hydrogen-bond acceptors (Lipinski definition) is 5. The zero-order chi connectivity index (χ0) is 18.4. The molecule has 0 spiro atoms. The van der Waals surface area contributed by atoms with Crippen molar-refractivity contribution >= 4 is 11.7 Å². The van der Waals surface area contributed by atoms with E-state index in [-0.39, 0.29) is 11.7 Å². The number of carbonyl (C=O) groups is 1. The van der Waals surface area contributed by atoms with Crippen LogP contribution in [0, 0.1) is 6.92 Å². The normalized spacial score (nSPS) is 10.5. The highest BCUT2D eigenvalue weighted by atomic mass is 16.6. The van der Waals surface area contributed by atoms with E-state index in [0.717, 1.165) is 29.7 Å². The first kappa shape index (κ1) is 17.7. The maximum Gasteiger partial charge on any atom is 0.256 e. The highest BCUT2D eigenvalue weighted by Crippen LogP contribution is 2.26. The summed E-state index contributed by atoms with van der Waals surface area (Å²) in [6, 6.07) is 14.8. The summed E-state index contributed by atoms with van der Waals surface area (Å²) < 4.78 is 10.5. The van der Waals surface area contributed by atoms with Crippen LogP contribution in [0.2, 0.25) is 0 Å². The third-order valence-electron chi connectivity index (χ3n) is 3.90. The lowest BCUT2D eigenvalue weighted by Gasteiger charge is -2.06. The van der Waals surface area contributed by atoms with Crippen molar-refractivity contribution in [1.29, 1.82) is 0 Å². The molecule has 0 atom stereocenters. The van der Waals surface area contributed by atoms with Gasteiger partial charge in [-0.25, -0.2) is 4.63 Å². The average molecular weight is 351 g/mol. The second kappa shape index (κ2) is 8.29. The molecule has 0 unspecified atom stereocenters. The van der Waals surface area contributed by atoms with Crippen LogP contribution in [0.4, 0.5) is 5.82 Å². The van der Waals surface area contributed by atoms with Crippen LogP contribution in [0.15, 0.2) is 53.2 Å². The fourth-order valence-corrected chi connectivity index (χ4v) is 2.47. The maximum atomic E-state index is 12.4. The first-order chi connectivity index (χ1) is 12.7. The zero-order valence-electron chi connectivity index (χ0n) is 14.9. The topological polar surface area (TPSA) is 77.2 Å². The van der Waals surface area contributed by atoms with Gasteiger partial charge in [-0.3, -0.25) is 4.79 Å². The number of carbonyl (C=O) groups excluding carboxylic acids is 1. The number of anilines is 1. The molecule has 1 N–H and O–H groups in total. The zero-order valence-corrected chi connectivity index (χ0v) is 14.9. The number of nitrogens with zero attached hydrogens (tertiary/aromatic N) is 2. The quantitative estimate of drug-likeness (QED) is 0.635. The van der Waals surface area contributed by atoms with E-state index in [9.17, 15) is 4.79 Å². The fourth-order valence-electron chi connectivity index (χ4n) is 2.47. The number of hydrogen-bond donors (Lipinski definition) is 1. The number of unbranched alkanes of at least 4 members (excludes halogenated alkanes) is 1. The first-order valence-corrected chi connectivity index (χ1v) is 8.61. The Balaban J connectivity index is 1.73. The number of rotatable bonds is 7. The molecule has 26 heavy (non-hydrogen) atoms. The number of ether oxygens (including phenoxy) is 1. The van der Waals surface area contributed by atoms with Gasteiger partial charge in [-0.2, -0.15) is 0 Å². The second-order valence-corrected chi connectivity index (χ2v) is 6.01. The third kappa shape index (κ3) is 4.27. The van der Waals surface area contributed by atoms with Gasteiger partial charge in [-0.15, -0.1) is 0 Å². The van der Waals surface area contributed by atoms with Crippen molar-refractivity contribution in [2.24, 2.45) is 0 Å². The number of aromatic nitrogens is 2. The Morgan fingerprint density at radius 3 is 2.69 bits per heavy atom. The Morgan fingerprint density at radius 1 is 1.15 bits per heavy atom.